The summed E-state index contributed by atoms with van der Waals surface area (Å²) in [5, 5.41) is 4.34. The molecule has 1 aromatic carbocycles. The zero-order chi connectivity index (χ0) is 13.0. The second kappa shape index (κ2) is 6.03. The van der Waals surface area contributed by atoms with E-state index in [0.29, 0.717) is 6.04 Å². The Balaban J connectivity index is 2.07. The smallest absolute Gasteiger partial charge is 0.122 e. The van der Waals surface area contributed by atoms with E-state index in [2.05, 4.69) is 41.3 Å². The zero-order valence-corrected chi connectivity index (χ0v) is 11.4. The lowest BCUT2D eigenvalue weighted by Crippen LogP contribution is -2.25. The molecule has 0 aliphatic carbocycles. The topological polar surface area (TPSA) is 40.7 Å². The molecule has 2 aromatic rings. The Morgan fingerprint density at radius 1 is 1.33 bits per heavy atom. The minimum Gasteiger partial charge on any atom is -0.347 e. The standard InChI is InChI=1S/C14H18ClN3/c1-3-13(11-4-6-12(15)7-5-11)18-10(2)14-16-8-9-17-14/h4-10,13,18H,3H2,1-2H3,(H,16,17). The van der Waals surface area contributed by atoms with E-state index in [-0.39, 0.29) is 6.04 Å². The highest BCUT2D eigenvalue weighted by Crippen LogP contribution is 2.22. The second-order valence-electron chi connectivity index (χ2n) is 4.38. The van der Waals surface area contributed by atoms with Crippen molar-refractivity contribution in [3.63, 3.8) is 0 Å². The maximum atomic E-state index is 5.91. The number of H-pyrrole nitrogens is 1. The van der Waals surface area contributed by atoms with E-state index in [1.165, 1.54) is 5.56 Å². The lowest BCUT2D eigenvalue weighted by molar-refractivity contribution is 0.444. The van der Waals surface area contributed by atoms with E-state index < -0.39 is 0 Å². The summed E-state index contributed by atoms with van der Waals surface area (Å²) in [6.07, 6.45) is 4.64. The van der Waals surface area contributed by atoms with Gasteiger partial charge in [0.15, 0.2) is 0 Å². The minimum atomic E-state index is 0.195. The van der Waals surface area contributed by atoms with Gasteiger partial charge in [0.2, 0.25) is 0 Å². The molecule has 3 nitrogen and oxygen atoms in total. The van der Waals surface area contributed by atoms with Gasteiger partial charge in [-0.1, -0.05) is 30.7 Å². The summed E-state index contributed by atoms with van der Waals surface area (Å²) in [6, 6.07) is 8.50. The molecular formula is C14H18ClN3. The molecule has 0 radical (unpaired) electrons. The first-order chi connectivity index (χ1) is 8.70. The molecular weight excluding hydrogens is 246 g/mol. The fourth-order valence-corrected chi connectivity index (χ4v) is 2.17. The molecule has 1 heterocycles. The lowest BCUT2D eigenvalue weighted by atomic mass is 10.0. The van der Waals surface area contributed by atoms with Crippen LogP contribution in [-0.4, -0.2) is 9.97 Å². The maximum absolute atomic E-state index is 5.91. The van der Waals surface area contributed by atoms with Gasteiger partial charge in [0, 0.05) is 23.5 Å². The van der Waals surface area contributed by atoms with Crippen LogP contribution in [0.1, 0.15) is 43.7 Å². The van der Waals surface area contributed by atoms with Gasteiger partial charge in [-0.25, -0.2) is 4.98 Å². The van der Waals surface area contributed by atoms with E-state index in [4.69, 9.17) is 11.6 Å². The molecule has 0 saturated carbocycles. The summed E-state index contributed by atoms with van der Waals surface area (Å²) in [7, 11) is 0. The van der Waals surface area contributed by atoms with Crippen LogP contribution in [0.3, 0.4) is 0 Å². The van der Waals surface area contributed by atoms with Crippen molar-refractivity contribution in [1.82, 2.24) is 15.3 Å². The Labute approximate surface area is 113 Å². The first-order valence-electron chi connectivity index (χ1n) is 6.21. The van der Waals surface area contributed by atoms with Gasteiger partial charge < -0.3 is 10.3 Å². The van der Waals surface area contributed by atoms with Gasteiger partial charge in [-0.3, -0.25) is 0 Å². The minimum absolute atomic E-state index is 0.195. The summed E-state index contributed by atoms with van der Waals surface area (Å²) in [5.74, 6) is 0.961. The quantitative estimate of drug-likeness (QED) is 0.860. The zero-order valence-electron chi connectivity index (χ0n) is 10.7. The van der Waals surface area contributed by atoms with E-state index in [1.807, 2.05) is 18.3 Å². The Kier molecular flexibility index (Phi) is 4.39. The van der Waals surface area contributed by atoms with Gasteiger partial charge in [-0.05, 0) is 31.0 Å². The SMILES string of the molecule is CCC(NC(C)c1ncc[nH]1)c1ccc(Cl)cc1. The number of aromatic amines is 1. The molecule has 0 spiro atoms. The third-order valence-corrected chi connectivity index (χ3v) is 3.31. The van der Waals surface area contributed by atoms with Crippen molar-refractivity contribution in [2.75, 3.05) is 0 Å². The third-order valence-electron chi connectivity index (χ3n) is 3.06. The van der Waals surface area contributed by atoms with Crippen molar-refractivity contribution in [2.45, 2.75) is 32.4 Å². The molecule has 0 aliphatic rings. The predicted molar refractivity (Wildman–Crippen MR) is 74.6 cm³/mol. The number of nitrogens with zero attached hydrogens (tertiary/aromatic N) is 1. The van der Waals surface area contributed by atoms with Crippen LogP contribution < -0.4 is 5.32 Å². The Morgan fingerprint density at radius 2 is 2.06 bits per heavy atom. The molecule has 1 aromatic heterocycles. The van der Waals surface area contributed by atoms with Crippen LogP contribution in [0.25, 0.3) is 0 Å². The van der Waals surface area contributed by atoms with Crippen molar-refractivity contribution in [2.24, 2.45) is 0 Å². The van der Waals surface area contributed by atoms with Gasteiger partial charge in [0.1, 0.15) is 5.82 Å². The highest BCUT2D eigenvalue weighted by molar-refractivity contribution is 6.30. The lowest BCUT2D eigenvalue weighted by Gasteiger charge is -2.21. The van der Waals surface area contributed by atoms with Crippen molar-refractivity contribution in [3.8, 4) is 0 Å². The summed E-state index contributed by atoms with van der Waals surface area (Å²) >= 11 is 5.91. The molecule has 0 bridgehead atoms. The van der Waals surface area contributed by atoms with E-state index >= 15 is 0 Å². The Hall–Kier alpha value is -1.32. The van der Waals surface area contributed by atoms with Gasteiger partial charge in [0.05, 0.1) is 6.04 Å². The fourth-order valence-electron chi connectivity index (χ4n) is 2.04. The van der Waals surface area contributed by atoms with Gasteiger partial charge >= 0.3 is 0 Å². The van der Waals surface area contributed by atoms with Crippen LogP contribution in [0.4, 0.5) is 0 Å². The molecule has 0 saturated heterocycles. The van der Waals surface area contributed by atoms with Gasteiger partial charge in [0.25, 0.3) is 0 Å². The summed E-state index contributed by atoms with van der Waals surface area (Å²) in [4.78, 5) is 7.40. The fraction of sp³-hybridized carbons (Fsp3) is 0.357. The molecule has 2 N–H and O–H groups in total. The van der Waals surface area contributed by atoms with Crippen LogP contribution in [0.15, 0.2) is 36.7 Å². The summed E-state index contributed by atoms with van der Waals surface area (Å²) < 4.78 is 0. The van der Waals surface area contributed by atoms with Gasteiger partial charge in [-0.15, -0.1) is 0 Å². The first kappa shape index (κ1) is 13.1. The molecule has 0 aliphatic heterocycles. The highest BCUT2D eigenvalue weighted by Gasteiger charge is 2.14. The molecule has 2 atom stereocenters. The number of hydrogen-bond donors (Lipinski definition) is 2. The summed E-state index contributed by atoms with van der Waals surface area (Å²) in [5.41, 5.74) is 1.25. The average molecular weight is 264 g/mol. The number of aromatic nitrogens is 2. The number of rotatable bonds is 5. The second-order valence-corrected chi connectivity index (χ2v) is 4.81. The molecule has 0 amide bonds. The average Bonchev–Trinajstić information content (AvgIpc) is 2.91. The molecule has 96 valence electrons. The normalized spacial score (nSPS) is 14.4. The van der Waals surface area contributed by atoms with Crippen molar-refractivity contribution in [3.05, 3.63) is 53.1 Å². The summed E-state index contributed by atoms with van der Waals surface area (Å²) in [6.45, 7) is 4.28. The largest absolute Gasteiger partial charge is 0.347 e. The highest BCUT2D eigenvalue weighted by atomic mass is 35.5. The number of imidazole rings is 1. The molecule has 0 fully saturated rings. The van der Waals surface area contributed by atoms with Gasteiger partial charge in [-0.2, -0.15) is 0 Å². The van der Waals surface area contributed by atoms with Crippen molar-refractivity contribution < 1.29 is 0 Å². The van der Waals surface area contributed by atoms with Crippen molar-refractivity contribution in [1.29, 1.82) is 0 Å². The van der Waals surface area contributed by atoms with Crippen LogP contribution >= 0.6 is 11.6 Å². The number of hydrogen-bond acceptors (Lipinski definition) is 2. The first-order valence-corrected chi connectivity index (χ1v) is 6.59. The Morgan fingerprint density at radius 3 is 2.61 bits per heavy atom. The van der Waals surface area contributed by atoms with Crippen LogP contribution in [0.2, 0.25) is 5.02 Å². The molecule has 18 heavy (non-hydrogen) atoms. The van der Waals surface area contributed by atoms with E-state index in [1.54, 1.807) is 6.20 Å². The van der Waals surface area contributed by atoms with Crippen LogP contribution in [-0.2, 0) is 0 Å². The monoisotopic (exact) mass is 263 g/mol. The number of halogens is 1. The third kappa shape index (κ3) is 3.12. The number of nitrogens with one attached hydrogen (secondary N) is 2. The van der Waals surface area contributed by atoms with Crippen molar-refractivity contribution >= 4 is 11.6 Å². The predicted octanol–water partition coefficient (Wildman–Crippen LogP) is 3.87. The van der Waals surface area contributed by atoms with E-state index in [0.717, 1.165) is 17.3 Å². The number of benzene rings is 1. The maximum Gasteiger partial charge on any atom is 0.122 e. The molecule has 2 rings (SSSR count). The van der Waals surface area contributed by atoms with Crippen LogP contribution in [0, 0.1) is 0 Å². The molecule has 4 heteroatoms. The molecule has 2 unspecified atom stereocenters. The Bertz CT molecular complexity index is 464. The van der Waals surface area contributed by atoms with E-state index in [9.17, 15) is 0 Å². The van der Waals surface area contributed by atoms with Crippen LogP contribution in [0.5, 0.6) is 0 Å².